The molecule has 1 N–H and O–H groups in total. The summed E-state index contributed by atoms with van der Waals surface area (Å²) in [5.41, 5.74) is 0.892. The Morgan fingerprint density at radius 2 is 1.80 bits per heavy atom. The number of benzene rings is 1. The molecule has 0 aromatic heterocycles. The zero-order chi connectivity index (χ0) is 15.2. The first kappa shape index (κ1) is 16.5. The van der Waals surface area contributed by atoms with Crippen LogP contribution < -0.4 is 5.32 Å². The van der Waals surface area contributed by atoms with Crippen LogP contribution in [0.15, 0.2) is 30.3 Å². The lowest BCUT2D eigenvalue weighted by Crippen LogP contribution is -2.38. The van der Waals surface area contributed by atoms with Gasteiger partial charge in [0.25, 0.3) is 0 Å². The number of amides is 1. The molecule has 2 atom stereocenters. The summed E-state index contributed by atoms with van der Waals surface area (Å²) in [6.07, 6.45) is 1.63. The molecule has 0 fully saturated rings. The molecule has 3 nitrogen and oxygen atoms in total. The number of rotatable bonds is 5. The molecule has 112 valence electrons. The predicted molar refractivity (Wildman–Crippen MR) is 82.8 cm³/mol. The van der Waals surface area contributed by atoms with E-state index in [9.17, 15) is 4.79 Å². The molecule has 1 aromatic rings. The van der Waals surface area contributed by atoms with Gasteiger partial charge in [-0.1, -0.05) is 37.3 Å². The van der Waals surface area contributed by atoms with E-state index in [1.807, 2.05) is 33.8 Å². The van der Waals surface area contributed by atoms with Gasteiger partial charge < -0.3 is 10.1 Å². The highest BCUT2D eigenvalue weighted by Gasteiger charge is 2.18. The highest BCUT2D eigenvalue weighted by molar-refractivity contribution is 5.68. The van der Waals surface area contributed by atoms with Gasteiger partial charge in [-0.15, -0.1) is 0 Å². The lowest BCUT2D eigenvalue weighted by Gasteiger charge is -2.23. The van der Waals surface area contributed by atoms with Gasteiger partial charge in [0.15, 0.2) is 0 Å². The van der Waals surface area contributed by atoms with Crippen LogP contribution in [-0.4, -0.2) is 17.7 Å². The molecule has 1 amide bonds. The fraction of sp³-hybridized carbons (Fsp3) is 0.588. The second kappa shape index (κ2) is 7.32. The quantitative estimate of drug-likeness (QED) is 0.877. The maximum atomic E-state index is 11.7. The summed E-state index contributed by atoms with van der Waals surface area (Å²) in [6.45, 7) is 9.84. The number of carbonyl (C=O) groups is 1. The fourth-order valence-corrected chi connectivity index (χ4v) is 2.27. The van der Waals surface area contributed by atoms with Crippen molar-refractivity contribution in [3.63, 3.8) is 0 Å². The van der Waals surface area contributed by atoms with Crippen LogP contribution in [-0.2, 0) is 11.2 Å². The molecule has 20 heavy (non-hydrogen) atoms. The standard InChI is InChI=1S/C17H27NO2/c1-13(12-15-9-7-6-8-10-15)11-14(2)18-16(19)20-17(3,4)5/h6-10,13-14H,11-12H2,1-5H3,(H,18,19). The molecular weight excluding hydrogens is 250 g/mol. The van der Waals surface area contributed by atoms with E-state index >= 15 is 0 Å². The maximum absolute atomic E-state index is 11.7. The summed E-state index contributed by atoms with van der Waals surface area (Å²) in [5, 5.41) is 2.89. The first-order chi connectivity index (χ1) is 9.26. The Bertz CT molecular complexity index is 409. The predicted octanol–water partition coefficient (Wildman–Crippen LogP) is 4.17. The third kappa shape index (κ3) is 7.17. The smallest absolute Gasteiger partial charge is 0.407 e. The Morgan fingerprint density at radius 1 is 1.20 bits per heavy atom. The maximum Gasteiger partial charge on any atom is 0.407 e. The Morgan fingerprint density at radius 3 is 2.35 bits per heavy atom. The lowest BCUT2D eigenvalue weighted by atomic mass is 9.95. The topological polar surface area (TPSA) is 38.3 Å². The van der Waals surface area contributed by atoms with Gasteiger partial charge in [0.2, 0.25) is 0 Å². The highest BCUT2D eigenvalue weighted by Crippen LogP contribution is 2.14. The number of alkyl carbamates (subject to hydrolysis) is 1. The van der Waals surface area contributed by atoms with Crippen molar-refractivity contribution in [2.24, 2.45) is 5.92 Å². The fourth-order valence-electron chi connectivity index (χ4n) is 2.27. The zero-order valence-electron chi connectivity index (χ0n) is 13.3. The molecule has 1 rings (SSSR count). The zero-order valence-corrected chi connectivity index (χ0v) is 13.3. The first-order valence-corrected chi connectivity index (χ1v) is 7.29. The average molecular weight is 277 g/mol. The van der Waals surface area contributed by atoms with Crippen molar-refractivity contribution in [3.8, 4) is 0 Å². The van der Waals surface area contributed by atoms with E-state index in [4.69, 9.17) is 4.74 Å². The van der Waals surface area contributed by atoms with Crippen molar-refractivity contribution in [2.75, 3.05) is 0 Å². The van der Waals surface area contributed by atoms with Gasteiger partial charge in [-0.05, 0) is 52.0 Å². The molecule has 0 bridgehead atoms. The van der Waals surface area contributed by atoms with Gasteiger partial charge in [0.1, 0.15) is 5.60 Å². The van der Waals surface area contributed by atoms with Gasteiger partial charge in [-0.25, -0.2) is 4.79 Å². The summed E-state index contributed by atoms with van der Waals surface area (Å²) in [7, 11) is 0. The van der Waals surface area contributed by atoms with E-state index in [0.717, 1.165) is 12.8 Å². The molecule has 0 heterocycles. The van der Waals surface area contributed by atoms with Gasteiger partial charge >= 0.3 is 6.09 Å². The monoisotopic (exact) mass is 277 g/mol. The van der Waals surface area contributed by atoms with E-state index in [2.05, 4.69) is 36.5 Å². The Hall–Kier alpha value is -1.51. The molecule has 0 saturated carbocycles. The number of hydrogen-bond donors (Lipinski definition) is 1. The molecule has 0 saturated heterocycles. The Labute approximate surface area is 122 Å². The number of hydrogen-bond acceptors (Lipinski definition) is 2. The summed E-state index contributed by atoms with van der Waals surface area (Å²) >= 11 is 0. The number of ether oxygens (including phenoxy) is 1. The van der Waals surface area contributed by atoms with Crippen LogP contribution in [0, 0.1) is 5.92 Å². The van der Waals surface area contributed by atoms with E-state index in [1.54, 1.807) is 0 Å². The summed E-state index contributed by atoms with van der Waals surface area (Å²) in [4.78, 5) is 11.7. The SMILES string of the molecule is CC(Cc1ccccc1)CC(C)NC(=O)OC(C)(C)C. The molecule has 0 spiro atoms. The first-order valence-electron chi connectivity index (χ1n) is 7.29. The van der Waals surface area contributed by atoms with Gasteiger partial charge in [-0.2, -0.15) is 0 Å². The lowest BCUT2D eigenvalue weighted by molar-refractivity contribution is 0.0503. The van der Waals surface area contributed by atoms with Gasteiger partial charge in [0, 0.05) is 6.04 Å². The molecule has 0 aliphatic heterocycles. The van der Waals surface area contributed by atoms with Gasteiger partial charge in [0.05, 0.1) is 0 Å². The minimum absolute atomic E-state index is 0.114. The van der Waals surface area contributed by atoms with Crippen LogP contribution in [0.3, 0.4) is 0 Å². The van der Waals surface area contributed by atoms with Gasteiger partial charge in [-0.3, -0.25) is 0 Å². The molecule has 1 aromatic carbocycles. The van der Waals surface area contributed by atoms with Crippen molar-refractivity contribution in [1.82, 2.24) is 5.32 Å². The van der Waals surface area contributed by atoms with E-state index < -0.39 is 5.60 Å². The largest absolute Gasteiger partial charge is 0.444 e. The van der Waals surface area contributed by atoms with Crippen molar-refractivity contribution in [1.29, 1.82) is 0 Å². The Balaban J connectivity index is 2.34. The van der Waals surface area contributed by atoms with Crippen LogP contribution >= 0.6 is 0 Å². The van der Waals surface area contributed by atoms with E-state index in [1.165, 1.54) is 5.56 Å². The van der Waals surface area contributed by atoms with Crippen molar-refractivity contribution in [3.05, 3.63) is 35.9 Å². The summed E-state index contributed by atoms with van der Waals surface area (Å²) in [5.74, 6) is 0.516. The molecule has 2 unspecified atom stereocenters. The van der Waals surface area contributed by atoms with E-state index in [-0.39, 0.29) is 12.1 Å². The number of carbonyl (C=O) groups excluding carboxylic acids is 1. The van der Waals surface area contributed by atoms with E-state index in [0.29, 0.717) is 5.92 Å². The minimum Gasteiger partial charge on any atom is -0.444 e. The van der Waals surface area contributed by atoms with Crippen LogP contribution in [0.25, 0.3) is 0 Å². The average Bonchev–Trinajstić information content (AvgIpc) is 2.26. The molecular formula is C17H27NO2. The van der Waals surface area contributed by atoms with Crippen LogP contribution in [0.2, 0.25) is 0 Å². The molecule has 0 radical (unpaired) electrons. The van der Waals surface area contributed by atoms with Crippen molar-refractivity contribution < 1.29 is 9.53 Å². The number of nitrogens with one attached hydrogen (secondary N) is 1. The molecule has 0 aliphatic rings. The molecule has 3 heteroatoms. The van der Waals surface area contributed by atoms with Crippen molar-refractivity contribution >= 4 is 6.09 Å². The second-order valence-corrected chi connectivity index (χ2v) is 6.58. The second-order valence-electron chi connectivity index (χ2n) is 6.58. The molecule has 0 aliphatic carbocycles. The third-order valence-electron chi connectivity index (χ3n) is 2.95. The van der Waals surface area contributed by atoms with Crippen LogP contribution in [0.5, 0.6) is 0 Å². The summed E-state index contributed by atoms with van der Waals surface area (Å²) < 4.78 is 5.26. The van der Waals surface area contributed by atoms with Crippen molar-refractivity contribution in [2.45, 2.75) is 59.1 Å². The minimum atomic E-state index is -0.445. The normalized spacial score (nSPS) is 14.4. The highest BCUT2D eigenvalue weighted by atomic mass is 16.6. The third-order valence-corrected chi connectivity index (χ3v) is 2.95. The van der Waals surface area contributed by atoms with Crippen LogP contribution in [0.4, 0.5) is 4.79 Å². The summed E-state index contributed by atoms with van der Waals surface area (Å²) in [6, 6.07) is 10.5. The Kier molecular flexibility index (Phi) is 6.05. The van der Waals surface area contributed by atoms with Crippen LogP contribution in [0.1, 0.15) is 46.6 Å².